The van der Waals surface area contributed by atoms with Gasteiger partial charge in [-0.3, -0.25) is 4.68 Å². The Morgan fingerprint density at radius 3 is 2.71 bits per heavy atom. The van der Waals surface area contributed by atoms with Gasteiger partial charge >= 0.3 is 0 Å². The van der Waals surface area contributed by atoms with Gasteiger partial charge in [-0.15, -0.1) is 0 Å². The van der Waals surface area contributed by atoms with E-state index in [-0.39, 0.29) is 5.60 Å². The molecule has 0 spiro atoms. The van der Waals surface area contributed by atoms with Crippen LogP contribution in [0.3, 0.4) is 0 Å². The number of hydrogen-bond acceptors (Lipinski definition) is 3. The summed E-state index contributed by atoms with van der Waals surface area (Å²) in [6.07, 6.45) is 5.64. The van der Waals surface area contributed by atoms with E-state index < -0.39 is 0 Å². The number of hydrogen-bond donors (Lipinski definition) is 1. The third kappa shape index (κ3) is 2.69. The maximum Gasteiger partial charge on any atom is 0.0892 e. The highest BCUT2D eigenvalue weighted by Crippen LogP contribution is 2.33. The maximum atomic E-state index is 6.08. The summed E-state index contributed by atoms with van der Waals surface area (Å²) >= 11 is 0. The van der Waals surface area contributed by atoms with Crippen LogP contribution in [0.4, 0.5) is 0 Å². The lowest BCUT2D eigenvalue weighted by atomic mass is 10.0. The fourth-order valence-electron chi connectivity index (χ4n) is 2.53. The number of nitrogens with zero attached hydrogens (tertiary/aromatic N) is 2. The molecule has 1 aliphatic rings. The summed E-state index contributed by atoms with van der Waals surface area (Å²) in [6, 6.07) is 2.12. The SMILES string of the molecule is CCc1cc(COC2(CN)CCCC2)n(C)n1. The number of rotatable bonds is 5. The second-order valence-corrected chi connectivity index (χ2v) is 4.99. The van der Waals surface area contributed by atoms with Crippen molar-refractivity contribution in [2.45, 2.75) is 51.2 Å². The molecule has 17 heavy (non-hydrogen) atoms. The average molecular weight is 237 g/mol. The van der Waals surface area contributed by atoms with E-state index in [1.54, 1.807) is 0 Å². The molecule has 4 nitrogen and oxygen atoms in total. The summed E-state index contributed by atoms with van der Waals surface area (Å²) in [7, 11) is 1.97. The topological polar surface area (TPSA) is 53.1 Å². The normalized spacial score (nSPS) is 18.8. The summed E-state index contributed by atoms with van der Waals surface area (Å²) in [4.78, 5) is 0. The van der Waals surface area contributed by atoms with Crippen LogP contribution in [-0.4, -0.2) is 21.9 Å². The van der Waals surface area contributed by atoms with Crippen molar-refractivity contribution in [3.8, 4) is 0 Å². The molecule has 0 radical (unpaired) electrons. The van der Waals surface area contributed by atoms with Gasteiger partial charge in [-0.25, -0.2) is 0 Å². The second kappa shape index (κ2) is 5.19. The molecule has 1 heterocycles. The third-order valence-electron chi connectivity index (χ3n) is 3.80. The first-order valence-electron chi connectivity index (χ1n) is 6.55. The van der Waals surface area contributed by atoms with Crippen molar-refractivity contribution in [2.24, 2.45) is 12.8 Å². The van der Waals surface area contributed by atoms with Gasteiger partial charge in [-0.1, -0.05) is 19.8 Å². The highest BCUT2D eigenvalue weighted by atomic mass is 16.5. The van der Waals surface area contributed by atoms with E-state index in [9.17, 15) is 0 Å². The quantitative estimate of drug-likeness (QED) is 0.849. The first-order valence-corrected chi connectivity index (χ1v) is 6.55. The molecular formula is C13H23N3O. The van der Waals surface area contributed by atoms with Crippen molar-refractivity contribution in [1.82, 2.24) is 9.78 Å². The monoisotopic (exact) mass is 237 g/mol. The summed E-state index contributed by atoms with van der Waals surface area (Å²) in [5.74, 6) is 0. The van der Waals surface area contributed by atoms with E-state index in [1.165, 1.54) is 12.8 Å². The Morgan fingerprint density at radius 2 is 2.18 bits per heavy atom. The standard InChI is InChI=1S/C13H23N3O/c1-3-11-8-12(16(2)15-11)9-17-13(10-14)6-4-5-7-13/h8H,3-7,9-10,14H2,1-2H3. The lowest BCUT2D eigenvalue weighted by Gasteiger charge is -2.27. The Balaban J connectivity index is 1.98. The summed E-state index contributed by atoms with van der Waals surface area (Å²) < 4.78 is 7.99. The number of aryl methyl sites for hydroxylation is 2. The predicted octanol–water partition coefficient (Wildman–Crippen LogP) is 1.77. The average Bonchev–Trinajstić information content (AvgIpc) is 2.94. The molecule has 0 amide bonds. The van der Waals surface area contributed by atoms with Gasteiger partial charge in [0, 0.05) is 13.6 Å². The summed E-state index contributed by atoms with van der Waals surface area (Å²) in [5, 5.41) is 4.43. The fraction of sp³-hybridized carbons (Fsp3) is 0.769. The smallest absolute Gasteiger partial charge is 0.0892 e. The summed E-state index contributed by atoms with van der Waals surface area (Å²) in [5.41, 5.74) is 8.05. The molecule has 1 aromatic rings. The largest absolute Gasteiger partial charge is 0.367 e. The fourth-order valence-corrected chi connectivity index (χ4v) is 2.53. The van der Waals surface area contributed by atoms with Crippen molar-refractivity contribution in [1.29, 1.82) is 0 Å². The Hall–Kier alpha value is -0.870. The molecule has 0 aliphatic heterocycles. The number of ether oxygens (including phenoxy) is 1. The van der Waals surface area contributed by atoms with Crippen LogP contribution in [-0.2, 0) is 24.8 Å². The van der Waals surface area contributed by atoms with Crippen molar-refractivity contribution >= 4 is 0 Å². The van der Waals surface area contributed by atoms with Crippen LogP contribution in [0, 0.1) is 0 Å². The zero-order valence-corrected chi connectivity index (χ0v) is 10.9. The number of aromatic nitrogens is 2. The molecule has 4 heteroatoms. The van der Waals surface area contributed by atoms with E-state index in [2.05, 4.69) is 18.1 Å². The van der Waals surface area contributed by atoms with Gasteiger partial charge in [-0.05, 0) is 25.3 Å². The molecule has 0 saturated heterocycles. The molecule has 1 aliphatic carbocycles. The Labute approximate surface area is 103 Å². The molecule has 0 aromatic carbocycles. The van der Waals surface area contributed by atoms with E-state index in [0.717, 1.165) is 30.7 Å². The molecule has 1 saturated carbocycles. The lowest BCUT2D eigenvalue weighted by molar-refractivity contribution is -0.0471. The molecule has 96 valence electrons. The van der Waals surface area contributed by atoms with E-state index >= 15 is 0 Å². The van der Waals surface area contributed by atoms with Crippen LogP contribution in [0.2, 0.25) is 0 Å². The van der Waals surface area contributed by atoms with E-state index in [1.807, 2.05) is 11.7 Å². The van der Waals surface area contributed by atoms with Crippen molar-refractivity contribution in [2.75, 3.05) is 6.54 Å². The predicted molar refractivity (Wildman–Crippen MR) is 67.6 cm³/mol. The van der Waals surface area contributed by atoms with Crippen molar-refractivity contribution in [3.05, 3.63) is 17.5 Å². The molecule has 2 N–H and O–H groups in total. The molecule has 0 unspecified atom stereocenters. The van der Waals surface area contributed by atoms with Crippen LogP contribution < -0.4 is 5.73 Å². The number of nitrogens with two attached hydrogens (primary N) is 1. The van der Waals surface area contributed by atoms with Gasteiger partial charge in [0.1, 0.15) is 0 Å². The van der Waals surface area contributed by atoms with Gasteiger partial charge in [0.15, 0.2) is 0 Å². The second-order valence-electron chi connectivity index (χ2n) is 4.99. The first kappa shape index (κ1) is 12.6. The van der Waals surface area contributed by atoms with Gasteiger partial charge in [0.25, 0.3) is 0 Å². The van der Waals surface area contributed by atoms with Gasteiger partial charge < -0.3 is 10.5 Å². The van der Waals surface area contributed by atoms with Crippen molar-refractivity contribution in [3.63, 3.8) is 0 Å². The Morgan fingerprint density at radius 1 is 1.47 bits per heavy atom. The molecule has 1 fully saturated rings. The maximum absolute atomic E-state index is 6.08. The molecule has 2 rings (SSSR count). The minimum Gasteiger partial charge on any atom is -0.367 e. The lowest BCUT2D eigenvalue weighted by Crippen LogP contribution is -2.37. The summed E-state index contributed by atoms with van der Waals surface area (Å²) in [6.45, 7) is 3.37. The molecule has 0 atom stereocenters. The van der Waals surface area contributed by atoms with E-state index in [0.29, 0.717) is 13.2 Å². The molecule has 0 bridgehead atoms. The van der Waals surface area contributed by atoms with Crippen LogP contribution >= 0.6 is 0 Å². The zero-order chi connectivity index (χ0) is 12.3. The van der Waals surface area contributed by atoms with Gasteiger partial charge in [-0.2, -0.15) is 5.10 Å². The van der Waals surface area contributed by atoms with Crippen LogP contribution in [0.5, 0.6) is 0 Å². The van der Waals surface area contributed by atoms with Crippen LogP contribution in [0.25, 0.3) is 0 Å². The molecular weight excluding hydrogens is 214 g/mol. The highest BCUT2D eigenvalue weighted by Gasteiger charge is 2.33. The Bertz CT molecular complexity index is 367. The Kier molecular flexibility index (Phi) is 3.84. The molecule has 1 aromatic heterocycles. The zero-order valence-electron chi connectivity index (χ0n) is 10.9. The minimum atomic E-state index is -0.0728. The third-order valence-corrected chi connectivity index (χ3v) is 3.80. The van der Waals surface area contributed by atoms with Crippen LogP contribution in [0.1, 0.15) is 44.0 Å². The van der Waals surface area contributed by atoms with E-state index in [4.69, 9.17) is 10.5 Å². The minimum absolute atomic E-state index is 0.0728. The highest BCUT2D eigenvalue weighted by molar-refractivity contribution is 5.09. The van der Waals surface area contributed by atoms with Gasteiger partial charge in [0.05, 0.1) is 23.6 Å². The first-order chi connectivity index (χ1) is 8.19. The van der Waals surface area contributed by atoms with Gasteiger partial charge in [0.2, 0.25) is 0 Å². The van der Waals surface area contributed by atoms with Crippen LogP contribution in [0.15, 0.2) is 6.07 Å². The van der Waals surface area contributed by atoms with Crippen molar-refractivity contribution < 1.29 is 4.74 Å².